The molecule has 1 aromatic rings. The van der Waals surface area contributed by atoms with Gasteiger partial charge in [-0.3, -0.25) is 4.79 Å². The lowest BCUT2D eigenvalue weighted by atomic mass is 9.88. The molecular formula is C19H29N5O2+2. The van der Waals surface area contributed by atoms with E-state index in [0.29, 0.717) is 6.67 Å². The number of carbonyl (C=O) groups excluding carboxylic acids is 2. The molecule has 140 valence electrons. The van der Waals surface area contributed by atoms with Crippen LogP contribution in [-0.2, 0) is 4.79 Å². The van der Waals surface area contributed by atoms with Gasteiger partial charge < -0.3 is 20.0 Å². The second-order valence-electron chi connectivity index (χ2n) is 7.93. The van der Waals surface area contributed by atoms with Gasteiger partial charge in [-0.2, -0.15) is 0 Å². The lowest BCUT2D eigenvalue weighted by Gasteiger charge is -2.35. The van der Waals surface area contributed by atoms with Gasteiger partial charge in [-0.15, -0.1) is 0 Å². The predicted molar refractivity (Wildman–Crippen MR) is 98.2 cm³/mol. The molecule has 0 saturated carbocycles. The quantitative estimate of drug-likeness (QED) is 0.545. The molecule has 0 unspecified atom stereocenters. The number of imide groups is 1. The molecule has 3 fully saturated rings. The molecule has 7 heteroatoms. The van der Waals surface area contributed by atoms with E-state index < -0.39 is 5.54 Å². The Labute approximate surface area is 154 Å². The average molecular weight is 359 g/mol. The minimum Gasteiger partial charge on any atom is -0.360 e. The number of piperazine rings is 1. The first-order valence-electron chi connectivity index (χ1n) is 9.66. The van der Waals surface area contributed by atoms with Crippen LogP contribution in [0.4, 0.5) is 10.5 Å². The number of quaternary nitrogens is 2. The number of likely N-dealkylation sites (tertiary alicyclic amines) is 1. The van der Waals surface area contributed by atoms with E-state index in [4.69, 9.17) is 0 Å². The maximum absolute atomic E-state index is 13.0. The third kappa shape index (κ3) is 3.17. The summed E-state index contributed by atoms with van der Waals surface area (Å²) in [6.07, 6.45) is 1.49. The summed E-state index contributed by atoms with van der Waals surface area (Å²) in [6, 6.07) is 10.2. The number of nitrogens with zero attached hydrogens (tertiary/aromatic N) is 2. The lowest BCUT2D eigenvalue weighted by molar-refractivity contribution is -0.907. The van der Waals surface area contributed by atoms with E-state index >= 15 is 0 Å². The van der Waals surface area contributed by atoms with Crippen molar-refractivity contribution < 1.29 is 19.4 Å². The van der Waals surface area contributed by atoms with Crippen LogP contribution >= 0.6 is 0 Å². The molecule has 0 radical (unpaired) electrons. The SMILES string of the molecule is C[NH+]1CCC2(CC1)NC(=O)N(C[NH+]1CCN(c3ccccc3)CC1)C2=O. The van der Waals surface area contributed by atoms with Crippen LogP contribution in [0.25, 0.3) is 0 Å². The molecule has 1 aromatic carbocycles. The Kier molecular flexibility index (Phi) is 4.58. The van der Waals surface area contributed by atoms with E-state index in [-0.39, 0.29) is 11.9 Å². The fourth-order valence-electron chi connectivity index (χ4n) is 4.36. The zero-order valence-corrected chi connectivity index (χ0v) is 15.5. The highest BCUT2D eigenvalue weighted by molar-refractivity contribution is 6.06. The van der Waals surface area contributed by atoms with Crippen molar-refractivity contribution in [3.63, 3.8) is 0 Å². The molecule has 1 spiro atoms. The number of urea groups is 1. The first kappa shape index (κ1) is 17.3. The van der Waals surface area contributed by atoms with E-state index in [9.17, 15) is 9.59 Å². The Morgan fingerprint density at radius 3 is 2.35 bits per heavy atom. The molecule has 26 heavy (non-hydrogen) atoms. The summed E-state index contributed by atoms with van der Waals surface area (Å²) < 4.78 is 0. The van der Waals surface area contributed by atoms with Crippen LogP contribution in [0, 0.1) is 0 Å². The van der Waals surface area contributed by atoms with Gasteiger partial charge in [-0.05, 0) is 12.1 Å². The standard InChI is InChI=1S/C19H27N5O2/c1-21-9-7-19(8-10-21)17(25)24(18(26)20-19)15-22-11-13-23(14-12-22)16-5-3-2-4-6-16/h2-6H,7-15H2,1H3,(H,20,26)/p+2. The Hall–Kier alpha value is -2.12. The summed E-state index contributed by atoms with van der Waals surface area (Å²) in [5.41, 5.74) is 0.608. The van der Waals surface area contributed by atoms with Gasteiger partial charge in [0.2, 0.25) is 0 Å². The molecule has 3 heterocycles. The topological polar surface area (TPSA) is 61.5 Å². The van der Waals surface area contributed by atoms with E-state index in [1.165, 1.54) is 20.4 Å². The predicted octanol–water partition coefficient (Wildman–Crippen LogP) is -2.05. The molecule has 3 N–H and O–H groups in total. The number of amides is 3. The molecule has 3 aliphatic rings. The number of hydrogen-bond acceptors (Lipinski definition) is 3. The molecule has 0 aromatic heterocycles. The van der Waals surface area contributed by atoms with Gasteiger partial charge in [0, 0.05) is 18.5 Å². The van der Waals surface area contributed by atoms with Gasteiger partial charge in [-0.1, -0.05) is 18.2 Å². The Balaban J connectivity index is 1.35. The normalized spacial score (nSPS) is 30.1. The highest BCUT2D eigenvalue weighted by Crippen LogP contribution is 2.25. The van der Waals surface area contributed by atoms with E-state index in [0.717, 1.165) is 52.1 Å². The smallest absolute Gasteiger partial charge is 0.329 e. The maximum Gasteiger partial charge on any atom is 0.329 e. The second-order valence-corrected chi connectivity index (χ2v) is 7.93. The van der Waals surface area contributed by atoms with Crippen molar-refractivity contribution in [2.75, 3.05) is 57.9 Å². The summed E-state index contributed by atoms with van der Waals surface area (Å²) >= 11 is 0. The molecule has 3 amide bonds. The highest BCUT2D eigenvalue weighted by atomic mass is 16.2. The Bertz CT molecular complexity index is 664. The third-order valence-corrected chi connectivity index (χ3v) is 6.18. The van der Waals surface area contributed by atoms with E-state index in [1.54, 1.807) is 0 Å². The van der Waals surface area contributed by atoms with E-state index in [1.807, 2.05) is 6.07 Å². The largest absolute Gasteiger partial charge is 0.360 e. The zero-order chi connectivity index (χ0) is 18.1. The van der Waals surface area contributed by atoms with Gasteiger partial charge in [0.15, 0.2) is 6.67 Å². The number of carbonyl (C=O) groups is 2. The van der Waals surface area contributed by atoms with Crippen molar-refractivity contribution >= 4 is 17.6 Å². The van der Waals surface area contributed by atoms with Gasteiger partial charge in [0.05, 0.1) is 46.3 Å². The van der Waals surface area contributed by atoms with Crippen molar-refractivity contribution in [3.05, 3.63) is 30.3 Å². The number of nitrogens with one attached hydrogen (secondary N) is 3. The van der Waals surface area contributed by atoms with Crippen molar-refractivity contribution in [1.82, 2.24) is 10.2 Å². The number of anilines is 1. The Morgan fingerprint density at radius 1 is 1.04 bits per heavy atom. The van der Waals surface area contributed by atoms with Crippen LogP contribution in [0.3, 0.4) is 0 Å². The fraction of sp³-hybridized carbons (Fsp3) is 0.579. The molecule has 0 bridgehead atoms. The fourth-order valence-corrected chi connectivity index (χ4v) is 4.36. The first-order valence-corrected chi connectivity index (χ1v) is 9.66. The van der Waals surface area contributed by atoms with Crippen LogP contribution in [0.2, 0.25) is 0 Å². The maximum atomic E-state index is 13.0. The van der Waals surface area contributed by atoms with Crippen LogP contribution in [0.5, 0.6) is 0 Å². The number of rotatable bonds is 3. The zero-order valence-electron chi connectivity index (χ0n) is 15.5. The molecule has 3 saturated heterocycles. The van der Waals surface area contributed by atoms with Crippen molar-refractivity contribution in [2.45, 2.75) is 18.4 Å². The molecule has 7 nitrogen and oxygen atoms in total. The Morgan fingerprint density at radius 2 is 1.69 bits per heavy atom. The van der Waals surface area contributed by atoms with Crippen LogP contribution < -0.4 is 20.0 Å². The van der Waals surface area contributed by atoms with E-state index in [2.05, 4.69) is 41.5 Å². The lowest BCUT2D eigenvalue weighted by Crippen LogP contribution is -3.16. The molecule has 0 atom stereocenters. The monoisotopic (exact) mass is 359 g/mol. The van der Waals surface area contributed by atoms with Crippen molar-refractivity contribution in [2.24, 2.45) is 0 Å². The summed E-state index contributed by atoms with van der Waals surface area (Å²) in [7, 11) is 2.14. The number of piperidine rings is 1. The first-order chi connectivity index (χ1) is 12.6. The average Bonchev–Trinajstić information content (AvgIpc) is 2.90. The molecule has 0 aliphatic carbocycles. The van der Waals surface area contributed by atoms with Gasteiger partial charge >= 0.3 is 6.03 Å². The number of benzene rings is 1. The van der Waals surface area contributed by atoms with Crippen LogP contribution in [-0.4, -0.2) is 75.4 Å². The molecule has 4 rings (SSSR count). The number of hydrogen-bond donors (Lipinski definition) is 3. The summed E-state index contributed by atoms with van der Waals surface area (Å²) in [5.74, 6) is -0.00649. The molecule has 3 aliphatic heterocycles. The summed E-state index contributed by atoms with van der Waals surface area (Å²) in [4.78, 5) is 32.0. The minimum atomic E-state index is -0.637. The summed E-state index contributed by atoms with van der Waals surface area (Å²) in [5, 5.41) is 3.01. The highest BCUT2D eigenvalue weighted by Gasteiger charge is 2.54. The summed E-state index contributed by atoms with van der Waals surface area (Å²) in [6.45, 7) is 6.12. The van der Waals surface area contributed by atoms with Gasteiger partial charge in [0.25, 0.3) is 5.91 Å². The van der Waals surface area contributed by atoms with Crippen molar-refractivity contribution in [1.29, 1.82) is 0 Å². The third-order valence-electron chi connectivity index (χ3n) is 6.18. The minimum absolute atomic E-state index is 0.00649. The number of para-hydroxylation sites is 1. The van der Waals surface area contributed by atoms with Crippen LogP contribution in [0.1, 0.15) is 12.8 Å². The van der Waals surface area contributed by atoms with Crippen molar-refractivity contribution in [3.8, 4) is 0 Å². The van der Waals surface area contributed by atoms with Gasteiger partial charge in [-0.25, -0.2) is 9.69 Å². The van der Waals surface area contributed by atoms with Gasteiger partial charge in [0.1, 0.15) is 5.54 Å². The second kappa shape index (κ2) is 6.89. The molecular weight excluding hydrogens is 330 g/mol. The van der Waals surface area contributed by atoms with Crippen LogP contribution in [0.15, 0.2) is 30.3 Å².